The maximum absolute atomic E-state index is 12.7. The van der Waals surface area contributed by atoms with Gasteiger partial charge in [-0.05, 0) is 22.0 Å². The van der Waals surface area contributed by atoms with Gasteiger partial charge in [-0.15, -0.1) is 0 Å². The Balaban J connectivity index is 3.19. The van der Waals surface area contributed by atoms with Gasteiger partial charge in [-0.2, -0.15) is 8.78 Å². The normalized spacial score (nSPS) is 11.8. The molecule has 0 unspecified atom stereocenters. The van der Waals surface area contributed by atoms with Crippen molar-refractivity contribution < 1.29 is 8.78 Å². The van der Waals surface area contributed by atoms with E-state index in [1.165, 1.54) is 12.3 Å². The van der Waals surface area contributed by atoms with Crippen LogP contribution >= 0.6 is 27.5 Å². The summed E-state index contributed by atoms with van der Waals surface area (Å²) in [6, 6.07) is 1.39. The molecule has 5 heteroatoms. The minimum Gasteiger partial charge on any atom is -0.252 e. The lowest BCUT2D eigenvalue weighted by Gasteiger charge is -2.10. The lowest BCUT2D eigenvalue weighted by atomic mass is 10.2. The van der Waals surface area contributed by atoms with E-state index in [1.54, 1.807) is 0 Å². The molecule has 0 amide bonds. The van der Waals surface area contributed by atoms with Crippen molar-refractivity contribution in [1.82, 2.24) is 4.98 Å². The molecule has 1 rings (SSSR count). The molecule has 0 spiro atoms. The highest BCUT2D eigenvalue weighted by Gasteiger charge is 2.28. The maximum atomic E-state index is 12.7. The fourth-order valence-corrected chi connectivity index (χ4v) is 1.53. The zero-order chi connectivity index (χ0) is 9.35. The van der Waals surface area contributed by atoms with Gasteiger partial charge < -0.3 is 0 Å². The van der Waals surface area contributed by atoms with Gasteiger partial charge in [0.15, 0.2) is 0 Å². The average molecular weight is 256 g/mol. The van der Waals surface area contributed by atoms with Gasteiger partial charge in [0.05, 0.1) is 5.02 Å². The summed E-state index contributed by atoms with van der Waals surface area (Å²) in [5.74, 6) is -2.99. The van der Waals surface area contributed by atoms with Crippen LogP contribution in [0.5, 0.6) is 0 Å². The van der Waals surface area contributed by atoms with Gasteiger partial charge in [0, 0.05) is 17.6 Å². The summed E-state index contributed by atoms with van der Waals surface area (Å²) in [4.78, 5) is 3.52. The van der Waals surface area contributed by atoms with E-state index in [2.05, 4.69) is 20.9 Å². The highest BCUT2D eigenvalue weighted by atomic mass is 79.9. The number of alkyl halides is 2. The molecule has 0 bridgehead atoms. The second kappa shape index (κ2) is 3.26. The molecule has 0 radical (unpaired) electrons. The van der Waals surface area contributed by atoms with E-state index < -0.39 is 11.6 Å². The molecule has 0 fully saturated rings. The zero-order valence-corrected chi connectivity index (χ0v) is 8.46. The quantitative estimate of drug-likeness (QED) is 0.748. The summed E-state index contributed by atoms with van der Waals surface area (Å²) >= 11 is 8.61. The molecular weight excluding hydrogens is 251 g/mol. The third kappa shape index (κ3) is 2.14. The van der Waals surface area contributed by atoms with Crippen LogP contribution in [0.3, 0.4) is 0 Å². The summed E-state index contributed by atoms with van der Waals surface area (Å²) in [6.07, 6.45) is 1.29. The molecular formula is C7H5BrClF2N. The Labute approximate surface area is 81.9 Å². The first-order chi connectivity index (χ1) is 5.41. The second-order valence-corrected chi connectivity index (χ2v) is 3.70. The molecule has 0 aromatic carbocycles. The van der Waals surface area contributed by atoms with Crippen molar-refractivity contribution in [2.75, 3.05) is 0 Å². The first kappa shape index (κ1) is 9.86. The fraction of sp³-hybridized carbons (Fsp3) is 0.286. The Morgan fingerprint density at radius 1 is 1.58 bits per heavy atom. The van der Waals surface area contributed by atoms with Crippen molar-refractivity contribution in [3.63, 3.8) is 0 Å². The largest absolute Gasteiger partial charge is 0.288 e. The van der Waals surface area contributed by atoms with Gasteiger partial charge in [0.1, 0.15) is 5.69 Å². The number of hydrogen-bond donors (Lipinski definition) is 0. The lowest BCUT2D eigenvalue weighted by Crippen LogP contribution is -2.10. The Kier molecular flexibility index (Phi) is 2.68. The van der Waals surface area contributed by atoms with E-state index in [1.807, 2.05) is 0 Å². The van der Waals surface area contributed by atoms with E-state index in [-0.39, 0.29) is 5.02 Å². The molecule has 0 aliphatic rings. The number of aromatic nitrogens is 1. The standard InChI is InChI=1S/C7H5BrClF2N/c1-7(10,11)6-5(9)2-4(8)3-12-6/h2-3H,1H3. The molecule has 0 atom stereocenters. The van der Waals surface area contributed by atoms with Crippen LogP contribution in [-0.4, -0.2) is 4.98 Å². The van der Waals surface area contributed by atoms with Gasteiger partial charge in [-0.25, -0.2) is 0 Å². The number of hydrogen-bond acceptors (Lipinski definition) is 1. The molecule has 12 heavy (non-hydrogen) atoms. The number of pyridine rings is 1. The van der Waals surface area contributed by atoms with Gasteiger partial charge >= 0.3 is 0 Å². The Bertz CT molecular complexity index is 298. The van der Waals surface area contributed by atoms with Crippen LogP contribution in [0.15, 0.2) is 16.7 Å². The van der Waals surface area contributed by atoms with Crippen LogP contribution in [0.2, 0.25) is 5.02 Å². The van der Waals surface area contributed by atoms with Crippen LogP contribution < -0.4 is 0 Å². The summed E-state index contributed by atoms with van der Waals surface area (Å²) in [5.41, 5.74) is -0.396. The maximum Gasteiger partial charge on any atom is 0.288 e. The minimum atomic E-state index is -2.99. The van der Waals surface area contributed by atoms with Crippen LogP contribution in [0.4, 0.5) is 8.78 Å². The molecule has 0 aliphatic carbocycles. The minimum absolute atomic E-state index is 0.0307. The number of nitrogens with zero attached hydrogens (tertiary/aromatic N) is 1. The van der Waals surface area contributed by atoms with Crippen molar-refractivity contribution >= 4 is 27.5 Å². The molecule has 0 aliphatic heterocycles. The second-order valence-electron chi connectivity index (χ2n) is 2.37. The topological polar surface area (TPSA) is 12.9 Å². The molecule has 0 saturated carbocycles. The number of rotatable bonds is 1. The molecule has 0 saturated heterocycles. The van der Waals surface area contributed by atoms with Crippen LogP contribution in [0.1, 0.15) is 12.6 Å². The van der Waals surface area contributed by atoms with Gasteiger partial charge in [-0.3, -0.25) is 4.98 Å². The SMILES string of the molecule is CC(F)(F)c1ncc(Br)cc1Cl. The molecule has 1 aromatic rings. The third-order valence-corrected chi connectivity index (χ3v) is 1.95. The van der Waals surface area contributed by atoms with E-state index >= 15 is 0 Å². The Morgan fingerprint density at radius 2 is 2.17 bits per heavy atom. The average Bonchev–Trinajstić information content (AvgIpc) is 1.83. The first-order valence-electron chi connectivity index (χ1n) is 3.10. The van der Waals surface area contributed by atoms with Crippen molar-refractivity contribution in [3.8, 4) is 0 Å². The molecule has 1 nitrogen and oxygen atoms in total. The summed E-state index contributed by atoms with van der Waals surface area (Å²) in [6.45, 7) is 0.759. The highest BCUT2D eigenvalue weighted by Crippen LogP contribution is 2.31. The predicted molar refractivity (Wildman–Crippen MR) is 46.5 cm³/mol. The Hall–Kier alpha value is -0.220. The predicted octanol–water partition coefficient (Wildman–Crippen LogP) is 3.61. The van der Waals surface area contributed by atoms with Crippen molar-refractivity contribution in [3.05, 3.63) is 27.5 Å². The smallest absolute Gasteiger partial charge is 0.252 e. The zero-order valence-electron chi connectivity index (χ0n) is 6.11. The first-order valence-corrected chi connectivity index (χ1v) is 4.27. The summed E-state index contributed by atoms with van der Waals surface area (Å²) in [5, 5.41) is -0.0307. The highest BCUT2D eigenvalue weighted by molar-refractivity contribution is 9.10. The summed E-state index contributed by atoms with van der Waals surface area (Å²) in [7, 11) is 0. The van der Waals surface area contributed by atoms with Gasteiger partial charge in [0.2, 0.25) is 0 Å². The van der Waals surface area contributed by atoms with Crippen molar-refractivity contribution in [2.24, 2.45) is 0 Å². The van der Waals surface area contributed by atoms with E-state index in [0.717, 1.165) is 6.92 Å². The molecule has 1 aromatic heterocycles. The van der Waals surface area contributed by atoms with Gasteiger partial charge in [-0.1, -0.05) is 11.6 Å². The van der Waals surface area contributed by atoms with Gasteiger partial charge in [0.25, 0.3) is 5.92 Å². The molecule has 0 N–H and O–H groups in total. The Morgan fingerprint density at radius 3 is 2.58 bits per heavy atom. The summed E-state index contributed by atoms with van der Waals surface area (Å²) < 4.78 is 26.0. The van der Waals surface area contributed by atoms with E-state index in [9.17, 15) is 8.78 Å². The third-order valence-electron chi connectivity index (χ3n) is 1.22. The monoisotopic (exact) mass is 255 g/mol. The van der Waals surface area contributed by atoms with E-state index in [0.29, 0.717) is 4.47 Å². The lowest BCUT2D eigenvalue weighted by molar-refractivity contribution is 0.0129. The van der Waals surface area contributed by atoms with Crippen LogP contribution in [0, 0.1) is 0 Å². The fourth-order valence-electron chi connectivity index (χ4n) is 0.738. The van der Waals surface area contributed by atoms with Crippen molar-refractivity contribution in [2.45, 2.75) is 12.8 Å². The number of halogens is 4. The molecule has 1 heterocycles. The van der Waals surface area contributed by atoms with E-state index in [4.69, 9.17) is 11.6 Å². The van der Waals surface area contributed by atoms with Crippen LogP contribution in [0.25, 0.3) is 0 Å². The van der Waals surface area contributed by atoms with Crippen molar-refractivity contribution in [1.29, 1.82) is 0 Å². The van der Waals surface area contributed by atoms with Crippen LogP contribution in [-0.2, 0) is 5.92 Å². The molecule has 66 valence electrons.